The zero-order valence-electron chi connectivity index (χ0n) is 14.9. The van der Waals surface area contributed by atoms with Gasteiger partial charge in [0.2, 0.25) is 0 Å². The van der Waals surface area contributed by atoms with Crippen LogP contribution in [-0.4, -0.2) is 66.6 Å². The predicted octanol–water partition coefficient (Wildman–Crippen LogP) is 0.928. The van der Waals surface area contributed by atoms with Gasteiger partial charge in [0, 0.05) is 18.7 Å². The summed E-state index contributed by atoms with van der Waals surface area (Å²) in [6, 6.07) is -0.747. The van der Waals surface area contributed by atoms with E-state index in [4.69, 9.17) is 15.2 Å². The smallest absolute Gasteiger partial charge is 0.154 e. The first-order valence-electron chi connectivity index (χ1n) is 8.35. The lowest BCUT2D eigenvalue weighted by atomic mass is 9.90. The van der Waals surface area contributed by atoms with E-state index >= 15 is 0 Å². The van der Waals surface area contributed by atoms with Crippen molar-refractivity contribution in [3.8, 4) is 0 Å². The van der Waals surface area contributed by atoms with Crippen molar-refractivity contribution in [3.63, 3.8) is 0 Å². The summed E-state index contributed by atoms with van der Waals surface area (Å²) in [4.78, 5) is 13.8. The Morgan fingerprint density at radius 3 is 2.65 bits per heavy atom. The van der Waals surface area contributed by atoms with Crippen LogP contribution in [0.1, 0.15) is 34.1 Å². The number of aliphatic hydroxyl groups excluding tert-OH is 1. The number of ether oxygens (including phenoxy) is 2. The lowest BCUT2D eigenvalue weighted by molar-refractivity contribution is -0.147. The van der Waals surface area contributed by atoms with E-state index in [0.29, 0.717) is 6.61 Å². The van der Waals surface area contributed by atoms with E-state index in [1.165, 1.54) is 0 Å². The van der Waals surface area contributed by atoms with Gasteiger partial charge in [-0.15, -0.1) is 0 Å². The Balaban J connectivity index is 2.73. The van der Waals surface area contributed by atoms with Gasteiger partial charge in [0.1, 0.15) is 5.78 Å². The van der Waals surface area contributed by atoms with Crippen LogP contribution in [0.4, 0.5) is 0 Å². The van der Waals surface area contributed by atoms with Gasteiger partial charge in [0.25, 0.3) is 0 Å². The zero-order chi connectivity index (χ0) is 17.6. The number of aliphatic hydroxyl groups is 1. The molecule has 0 aliphatic carbocycles. The molecule has 1 rings (SSSR count). The molecule has 3 unspecified atom stereocenters. The Labute approximate surface area is 139 Å². The average molecular weight is 328 g/mol. The number of Topliss-reactive ketones (excluding diaryl/α,β-unsaturated/α-hetero) is 1. The van der Waals surface area contributed by atoms with Crippen molar-refractivity contribution in [1.82, 2.24) is 4.90 Å². The molecule has 1 fully saturated rings. The molecule has 134 valence electrons. The summed E-state index contributed by atoms with van der Waals surface area (Å²) >= 11 is 0. The molecule has 1 aliphatic heterocycles. The molecule has 0 bridgehead atoms. The molecule has 0 aromatic rings. The van der Waals surface area contributed by atoms with E-state index in [1.807, 2.05) is 31.9 Å². The second-order valence-electron chi connectivity index (χ2n) is 6.21. The third kappa shape index (κ3) is 5.36. The van der Waals surface area contributed by atoms with E-state index < -0.39 is 12.1 Å². The van der Waals surface area contributed by atoms with Crippen LogP contribution in [-0.2, 0) is 14.3 Å². The van der Waals surface area contributed by atoms with E-state index in [2.05, 4.69) is 6.08 Å². The van der Waals surface area contributed by atoms with Crippen LogP contribution in [0, 0.1) is 5.92 Å². The van der Waals surface area contributed by atoms with Gasteiger partial charge in [-0.2, -0.15) is 0 Å². The molecule has 1 saturated heterocycles. The highest BCUT2D eigenvalue weighted by atomic mass is 16.7. The summed E-state index contributed by atoms with van der Waals surface area (Å²) in [5.41, 5.74) is 6.30. The van der Waals surface area contributed by atoms with Crippen LogP contribution >= 0.6 is 0 Å². The summed E-state index contributed by atoms with van der Waals surface area (Å²) in [5, 5.41) is 10.4. The number of carbonyl (C=O) groups excluding carboxylic acids is 1. The van der Waals surface area contributed by atoms with Crippen molar-refractivity contribution >= 4 is 5.78 Å². The SMILES string of the molecule is C/C=C\[C@@H]1C[C@H](C(C)=O)N(C)[C@H]1C(N)C(O)COC(C)OCC. The first kappa shape index (κ1) is 20.3. The van der Waals surface area contributed by atoms with Crippen molar-refractivity contribution < 1.29 is 19.4 Å². The molecule has 6 heteroatoms. The molecular formula is C17H32N2O4. The van der Waals surface area contributed by atoms with Crippen LogP contribution < -0.4 is 5.73 Å². The number of likely N-dealkylation sites (tertiary alicyclic amines) is 1. The fourth-order valence-corrected chi connectivity index (χ4v) is 3.38. The monoisotopic (exact) mass is 328 g/mol. The van der Waals surface area contributed by atoms with E-state index in [9.17, 15) is 9.90 Å². The molecule has 0 spiro atoms. The Morgan fingerprint density at radius 2 is 2.13 bits per heavy atom. The van der Waals surface area contributed by atoms with Crippen molar-refractivity contribution in [3.05, 3.63) is 12.2 Å². The Morgan fingerprint density at radius 1 is 1.48 bits per heavy atom. The third-order valence-electron chi connectivity index (χ3n) is 4.55. The summed E-state index contributed by atoms with van der Waals surface area (Å²) in [6.45, 7) is 7.90. The first-order valence-corrected chi connectivity index (χ1v) is 8.35. The van der Waals surface area contributed by atoms with Crippen LogP contribution in [0.15, 0.2) is 12.2 Å². The largest absolute Gasteiger partial charge is 0.389 e. The minimum atomic E-state index is -0.816. The molecule has 1 aliphatic rings. The number of allylic oxidation sites excluding steroid dienone is 1. The molecule has 6 atom stereocenters. The molecular weight excluding hydrogens is 296 g/mol. The molecule has 23 heavy (non-hydrogen) atoms. The Kier molecular flexibility index (Phi) is 8.36. The van der Waals surface area contributed by atoms with Crippen molar-refractivity contribution in [2.45, 2.75) is 64.6 Å². The average Bonchev–Trinajstić information content (AvgIpc) is 2.81. The van der Waals surface area contributed by atoms with Gasteiger partial charge in [-0.3, -0.25) is 9.69 Å². The predicted molar refractivity (Wildman–Crippen MR) is 90.0 cm³/mol. The van der Waals surface area contributed by atoms with E-state index in [0.717, 1.165) is 6.42 Å². The van der Waals surface area contributed by atoms with Gasteiger partial charge >= 0.3 is 0 Å². The quantitative estimate of drug-likeness (QED) is 0.484. The van der Waals surface area contributed by atoms with Gasteiger partial charge < -0.3 is 20.3 Å². The zero-order valence-corrected chi connectivity index (χ0v) is 14.9. The maximum atomic E-state index is 11.8. The lowest BCUT2D eigenvalue weighted by Gasteiger charge is -2.34. The molecule has 0 saturated carbocycles. The Hall–Kier alpha value is -0.790. The van der Waals surface area contributed by atoms with Gasteiger partial charge in [-0.1, -0.05) is 12.2 Å². The maximum Gasteiger partial charge on any atom is 0.154 e. The second-order valence-corrected chi connectivity index (χ2v) is 6.21. The van der Waals surface area contributed by atoms with Crippen LogP contribution in [0.25, 0.3) is 0 Å². The van der Waals surface area contributed by atoms with E-state index in [1.54, 1.807) is 13.8 Å². The van der Waals surface area contributed by atoms with Crippen molar-refractivity contribution in [1.29, 1.82) is 0 Å². The number of ketones is 1. The molecule has 0 aromatic heterocycles. The summed E-state index contributed by atoms with van der Waals surface area (Å²) in [7, 11) is 1.90. The molecule has 0 aromatic carbocycles. The Bertz CT molecular complexity index is 402. The van der Waals surface area contributed by atoms with Gasteiger partial charge in [0.05, 0.1) is 18.8 Å². The molecule has 0 radical (unpaired) electrons. The molecule has 6 nitrogen and oxygen atoms in total. The summed E-state index contributed by atoms with van der Waals surface area (Å²) in [5.74, 6) is 0.278. The normalized spacial score (nSPS) is 29.8. The van der Waals surface area contributed by atoms with Gasteiger partial charge in [0.15, 0.2) is 6.29 Å². The number of likely N-dealkylation sites (N-methyl/N-ethyl adjacent to an activating group) is 1. The second kappa shape index (κ2) is 9.49. The highest BCUT2D eigenvalue weighted by Gasteiger charge is 2.44. The third-order valence-corrected chi connectivity index (χ3v) is 4.55. The standard InChI is InChI=1S/C17H32N2O4/c1-6-8-13-9-14(11(3)20)19(5)17(13)16(18)15(21)10-23-12(4)22-7-2/h6,8,12-17,21H,7,9-10,18H2,1-5H3/b8-6-/t12?,13-,14-,15?,16?,17-/m1/s1. The van der Waals surface area contributed by atoms with Crippen LogP contribution in [0.5, 0.6) is 0 Å². The highest BCUT2D eigenvalue weighted by Crippen LogP contribution is 2.32. The van der Waals surface area contributed by atoms with E-state index in [-0.39, 0.29) is 36.7 Å². The minimum Gasteiger partial charge on any atom is -0.389 e. The maximum absolute atomic E-state index is 11.8. The number of nitrogens with two attached hydrogens (primary N) is 1. The van der Waals surface area contributed by atoms with Crippen molar-refractivity contribution in [2.75, 3.05) is 20.3 Å². The van der Waals surface area contributed by atoms with Gasteiger partial charge in [-0.25, -0.2) is 0 Å². The lowest BCUT2D eigenvalue weighted by Crippen LogP contribution is -2.55. The molecule has 0 amide bonds. The van der Waals surface area contributed by atoms with Gasteiger partial charge in [-0.05, 0) is 47.1 Å². The number of hydrogen-bond donors (Lipinski definition) is 2. The summed E-state index contributed by atoms with van der Waals surface area (Å²) < 4.78 is 10.8. The number of nitrogens with zero attached hydrogens (tertiary/aromatic N) is 1. The number of carbonyl (C=O) groups is 1. The number of rotatable bonds is 9. The number of hydrogen-bond acceptors (Lipinski definition) is 6. The molecule has 1 heterocycles. The summed E-state index contributed by atoms with van der Waals surface area (Å²) in [6.07, 6.45) is 3.58. The fourth-order valence-electron chi connectivity index (χ4n) is 3.38. The minimum absolute atomic E-state index is 0.0962. The molecule has 3 N–H and O–H groups in total. The van der Waals surface area contributed by atoms with Crippen LogP contribution in [0.2, 0.25) is 0 Å². The first-order chi connectivity index (χ1) is 10.8. The highest BCUT2D eigenvalue weighted by molar-refractivity contribution is 5.81. The fraction of sp³-hybridized carbons (Fsp3) is 0.824. The van der Waals surface area contributed by atoms with Crippen molar-refractivity contribution in [2.24, 2.45) is 11.7 Å². The topological polar surface area (TPSA) is 85.0 Å². The van der Waals surface area contributed by atoms with Crippen LogP contribution in [0.3, 0.4) is 0 Å².